The van der Waals surface area contributed by atoms with Gasteiger partial charge in [-0.25, -0.2) is 0 Å². The minimum absolute atomic E-state index is 0.161. The molecule has 2 aliphatic heterocycles. The predicted octanol–water partition coefficient (Wildman–Crippen LogP) is 3.80. The van der Waals surface area contributed by atoms with Crippen molar-refractivity contribution >= 4 is 23.5 Å². The Morgan fingerprint density at radius 2 is 1.89 bits per heavy atom. The topological polar surface area (TPSA) is 53.0 Å². The van der Waals surface area contributed by atoms with Gasteiger partial charge in [-0.2, -0.15) is 0 Å². The second-order valence-electron chi connectivity index (χ2n) is 7.15. The highest BCUT2D eigenvalue weighted by Crippen LogP contribution is 2.40. The molecule has 28 heavy (non-hydrogen) atoms. The number of likely N-dealkylation sites (N-methyl/N-ethyl adjacent to an activating group) is 1. The Kier molecular flexibility index (Phi) is 5.40. The van der Waals surface area contributed by atoms with Crippen molar-refractivity contribution in [1.29, 1.82) is 0 Å². The van der Waals surface area contributed by atoms with Gasteiger partial charge in [-0.15, -0.1) is 0 Å². The minimum atomic E-state index is -0.174. The van der Waals surface area contributed by atoms with Crippen LogP contribution in [0.25, 0.3) is 6.08 Å². The lowest BCUT2D eigenvalue weighted by molar-refractivity contribution is 0.101. The fourth-order valence-corrected chi connectivity index (χ4v) is 3.88. The van der Waals surface area contributed by atoms with Crippen LogP contribution in [0.1, 0.15) is 28.4 Å². The highest BCUT2D eigenvalue weighted by atomic mass is 35.5. The first-order valence-corrected chi connectivity index (χ1v) is 9.92. The number of rotatable bonds is 4. The SMILES string of the molecule is CCN1CCN(Cc2c(O)ccc3c2OC(=Cc2cccc(Cl)c2)C3=O)CC1. The van der Waals surface area contributed by atoms with Crippen LogP contribution in [-0.4, -0.2) is 53.4 Å². The van der Waals surface area contributed by atoms with Crippen molar-refractivity contribution in [2.45, 2.75) is 13.5 Å². The molecule has 146 valence electrons. The van der Waals surface area contributed by atoms with Crippen molar-refractivity contribution in [2.24, 2.45) is 0 Å². The second kappa shape index (κ2) is 7.95. The highest BCUT2D eigenvalue weighted by Gasteiger charge is 2.32. The van der Waals surface area contributed by atoms with Crippen LogP contribution in [0.2, 0.25) is 5.02 Å². The number of hydrogen-bond acceptors (Lipinski definition) is 5. The first-order valence-electron chi connectivity index (χ1n) is 9.54. The molecule has 0 spiro atoms. The van der Waals surface area contributed by atoms with Crippen molar-refractivity contribution in [3.05, 3.63) is 63.9 Å². The van der Waals surface area contributed by atoms with Gasteiger partial charge in [-0.3, -0.25) is 9.69 Å². The summed E-state index contributed by atoms with van der Waals surface area (Å²) in [5, 5.41) is 11.0. The molecule has 0 unspecified atom stereocenters. The first-order chi connectivity index (χ1) is 13.5. The average Bonchev–Trinajstić information content (AvgIpc) is 3.00. The summed E-state index contributed by atoms with van der Waals surface area (Å²) >= 11 is 6.03. The van der Waals surface area contributed by atoms with Gasteiger partial charge in [-0.1, -0.05) is 30.7 Å². The summed E-state index contributed by atoms with van der Waals surface area (Å²) < 4.78 is 5.93. The van der Waals surface area contributed by atoms with Crippen LogP contribution in [0.3, 0.4) is 0 Å². The quantitative estimate of drug-likeness (QED) is 0.794. The number of halogens is 1. The minimum Gasteiger partial charge on any atom is -0.507 e. The summed E-state index contributed by atoms with van der Waals surface area (Å²) in [7, 11) is 0. The number of phenols is 1. The molecule has 0 aliphatic carbocycles. The first kappa shape index (κ1) is 19.0. The fraction of sp³-hybridized carbons (Fsp3) is 0.318. The van der Waals surface area contributed by atoms with Gasteiger partial charge < -0.3 is 14.7 Å². The summed E-state index contributed by atoms with van der Waals surface area (Å²) in [6.07, 6.45) is 1.69. The number of benzene rings is 2. The Morgan fingerprint density at radius 1 is 1.14 bits per heavy atom. The Labute approximate surface area is 169 Å². The van der Waals surface area contributed by atoms with Crippen LogP contribution < -0.4 is 4.74 Å². The molecule has 6 heteroatoms. The molecule has 0 atom stereocenters. The molecule has 0 radical (unpaired) electrons. The molecule has 5 nitrogen and oxygen atoms in total. The molecule has 2 aromatic carbocycles. The van der Waals surface area contributed by atoms with E-state index >= 15 is 0 Å². The summed E-state index contributed by atoms with van der Waals surface area (Å²) in [5.41, 5.74) is 1.96. The zero-order valence-electron chi connectivity index (χ0n) is 15.8. The number of fused-ring (bicyclic) bond motifs is 1. The average molecular weight is 399 g/mol. The maximum absolute atomic E-state index is 12.8. The molecule has 1 N–H and O–H groups in total. The number of carbonyl (C=O) groups excluding carboxylic acids is 1. The van der Waals surface area contributed by atoms with Gasteiger partial charge in [0, 0.05) is 37.7 Å². The van der Waals surface area contributed by atoms with E-state index in [1.54, 1.807) is 30.3 Å². The van der Waals surface area contributed by atoms with Crippen LogP contribution >= 0.6 is 11.6 Å². The van der Waals surface area contributed by atoms with E-state index in [1.165, 1.54) is 0 Å². The van der Waals surface area contributed by atoms with Crippen molar-refractivity contribution in [3.8, 4) is 11.5 Å². The van der Waals surface area contributed by atoms with E-state index < -0.39 is 0 Å². The lowest BCUT2D eigenvalue weighted by Crippen LogP contribution is -2.45. The van der Waals surface area contributed by atoms with Crippen LogP contribution in [0.4, 0.5) is 0 Å². The summed E-state index contributed by atoms with van der Waals surface area (Å²) in [6.45, 7) is 7.64. The Balaban J connectivity index is 1.59. The smallest absolute Gasteiger partial charge is 0.231 e. The monoisotopic (exact) mass is 398 g/mol. The maximum Gasteiger partial charge on any atom is 0.231 e. The lowest BCUT2D eigenvalue weighted by Gasteiger charge is -2.34. The van der Waals surface area contributed by atoms with E-state index in [-0.39, 0.29) is 17.3 Å². The Morgan fingerprint density at radius 3 is 2.61 bits per heavy atom. The predicted molar refractivity (Wildman–Crippen MR) is 110 cm³/mol. The van der Waals surface area contributed by atoms with E-state index in [1.807, 2.05) is 12.1 Å². The molecule has 0 saturated carbocycles. The lowest BCUT2D eigenvalue weighted by atomic mass is 10.0. The normalized spacial score (nSPS) is 19.1. The number of nitrogens with zero attached hydrogens (tertiary/aromatic N) is 2. The molecule has 2 aliphatic rings. The standard InChI is InChI=1S/C22H23ClN2O3/c1-2-24-8-10-25(11-9-24)14-18-19(26)7-6-17-21(27)20(28-22(17)18)13-15-4-3-5-16(23)12-15/h3-7,12-13,26H,2,8-11,14H2,1H3. The Hall–Kier alpha value is -2.34. The number of ketones is 1. The zero-order valence-corrected chi connectivity index (χ0v) is 16.6. The molecule has 0 aromatic heterocycles. The van der Waals surface area contributed by atoms with Gasteiger partial charge >= 0.3 is 0 Å². The van der Waals surface area contributed by atoms with Crippen LogP contribution in [0.15, 0.2) is 42.2 Å². The number of Topliss-reactive ketones (excluding diaryl/α,β-unsaturated/α-hetero) is 1. The van der Waals surface area contributed by atoms with Gasteiger partial charge in [-0.05, 0) is 42.4 Å². The molecule has 0 bridgehead atoms. The molecular formula is C22H23ClN2O3. The molecule has 4 rings (SSSR count). The van der Waals surface area contributed by atoms with Crippen molar-refractivity contribution in [1.82, 2.24) is 9.80 Å². The molecule has 0 amide bonds. The molecule has 2 aromatic rings. The summed E-state index contributed by atoms with van der Waals surface area (Å²) in [6, 6.07) is 10.5. The maximum atomic E-state index is 12.8. The number of aromatic hydroxyl groups is 1. The number of allylic oxidation sites excluding steroid dienone is 1. The van der Waals surface area contributed by atoms with Crippen molar-refractivity contribution in [3.63, 3.8) is 0 Å². The molecule has 1 saturated heterocycles. The molecular weight excluding hydrogens is 376 g/mol. The zero-order chi connectivity index (χ0) is 19.7. The van der Waals surface area contributed by atoms with Crippen molar-refractivity contribution < 1.29 is 14.6 Å². The molecule has 1 fully saturated rings. The van der Waals surface area contributed by atoms with E-state index in [2.05, 4.69) is 16.7 Å². The number of piperazine rings is 1. The van der Waals surface area contributed by atoms with Crippen LogP contribution in [0, 0.1) is 0 Å². The summed E-state index contributed by atoms with van der Waals surface area (Å²) in [4.78, 5) is 17.5. The number of hydrogen-bond donors (Lipinski definition) is 1. The van der Waals surface area contributed by atoms with Gasteiger partial charge in [0.1, 0.15) is 11.5 Å². The van der Waals surface area contributed by atoms with E-state index in [4.69, 9.17) is 16.3 Å². The summed E-state index contributed by atoms with van der Waals surface area (Å²) in [5.74, 6) is 0.705. The Bertz CT molecular complexity index is 933. The fourth-order valence-electron chi connectivity index (χ4n) is 3.68. The van der Waals surface area contributed by atoms with Gasteiger partial charge in [0.25, 0.3) is 0 Å². The van der Waals surface area contributed by atoms with Gasteiger partial charge in [0.2, 0.25) is 5.78 Å². The van der Waals surface area contributed by atoms with Gasteiger partial charge in [0.05, 0.1) is 11.1 Å². The largest absolute Gasteiger partial charge is 0.507 e. The number of carbonyl (C=O) groups is 1. The highest BCUT2D eigenvalue weighted by molar-refractivity contribution is 6.30. The number of phenolic OH excluding ortho intramolecular Hbond substituents is 1. The van der Waals surface area contributed by atoms with Crippen LogP contribution in [-0.2, 0) is 6.54 Å². The molecule has 2 heterocycles. The van der Waals surface area contributed by atoms with E-state index in [0.717, 1.165) is 38.3 Å². The third-order valence-electron chi connectivity index (χ3n) is 5.36. The second-order valence-corrected chi connectivity index (χ2v) is 7.58. The third-order valence-corrected chi connectivity index (χ3v) is 5.59. The third kappa shape index (κ3) is 3.78. The van der Waals surface area contributed by atoms with E-state index in [9.17, 15) is 9.90 Å². The number of ether oxygens (including phenoxy) is 1. The van der Waals surface area contributed by atoms with E-state index in [0.29, 0.717) is 28.4 Å². The van der Waals surface area contributed by atoms with Crippen molar-refractivity contribution in [2.75, 3.05) is 32.7 Å². The van der Waals surface area contributed by atoms with Gasteiger partial charge in [0.15, 0.2) is 5.76 Å². The van der Waals surface area contributed by atoms with Crippen LogP contribution in [0.5, 0.6) is 11.5 Å².